The van der Waals surface area contributed by atoms with Crippen LogP contribution in [0.3, 0.4) is 0 Å². The zero-order chi connectivity index (χ0) is 14.5. The van der Waals surface area contributed by atoms with E-state index in [4.69, 9.17) is 4.74 Å². The molecule has 0 aliphatic heterocycles. The molecular formula is C17H20FNO. The van der Waals surface area contributed by atoms with Gasteiger partial charge in [-0.1, -0.05) is 18.2 Å². The number of aryl methyl sites for hydroxylation is 1. The monoisotopic (exact) mass is 273 g/mol. The summed E-state index contributed by atoms with van der Waals surface area (Å²) in [4.78, 5) is 0. The molecule has 106 valence electrons. The normalized spacial score (nSPS) is 12.2. The number of methoxy groups -OCH3 is 1. The van der Waals surface area contributed by atoms with E-state index in [0.717, 1.165) is 16.9 Å². The number of hydrogen-bond acceptors (Lipinski definition) is 2. The average Bonchev–Trinajstić information content (AvgIpc) is 2.48. The summed E-state index contributed by atoms with van der Waals surface area (Å²) < 4.78 is 18.4. The van der Waals surface area contributed by atoms with Crippen LogP contribution in [0.2, 0.25) is 0 Å². The van der Waals surface area contributed by atoms with Crippen molar-refractivity contribution in [3.8, 4) is 5.75 Å². The van der Waals surface area contributed by atoms with Crippen molar-refractivity contribution < 1.29 is 9.13 Å². The van der Waals surface area contributed by atoms with Crippen molar-refractivity contribution in [3.63, 3.8) is 0 Å². The molecular weight excluding hydrogens is 253 g/mol. The molecule has 0 radical (unpaired) electrons. The van der Waals surface area contributed by atoms with E-state index >= 15 is 0 Å². The van der Waals surface area contributed by atoms with E-state index in [1.807, 2.05) is 37.3 Å². The first kappa shape index (κ1) is 14.5. The van der Waals surface area contributed by atoms with Crippen LogP contribution in [-0.4, -0.2) is 7.11 Å². The third-order valence-corrected chi connectivity index (χ3v) is 3.53. The molecule has 0 fully saturated rings. The van der Waals surface area contributed by atoms with Crippen LogP contribution in [0, 0.1) is 12.7 Å². The molecule has 2 rings (SSSR count). The van der Waals surface area contributed by atoms with E-state index in [0.29, 0.717) is 6.54 Å². The maximum absolute atomic E-state index is 13.2. The van der Waals surface area contributed by atoms with Crippen LogP contribution in [0.25, 0.3) is 0 Å². The zero-order valence-electron chi connectivity index (χ0n) is 12.1. The fourth-order valence-electron chi connectivity index (χ4n) is 2.10. The molecule has 1 atom stereocenters. The number of ether oxygens (including phenoxy) is 1. The number of halogens is 1. The average molecular weight is 273 g/mol. The van der Waals surface area contributed by atoms with Crippen molar-refractivity contribution in [2.45, 2.75) is 26.4 Å². The molecule has 20 heavy (non-hydrogen) atoms. The number of rotatable bonds is 5. The largest absolute Gasteiger partial charge is 0.497 e. The minimum absolute atomic E-state index is 0.190. The van der Waals surface area contributed by atoms with Gasteiger partial charge in [-0.15, -0.1) is 0 Å². The molecule has 0 aromatic heterocycles. The SMILES string of the molecule is COc1ccc([C@H](C)NCc2cc(F)ccc2C)cc1. The summed E-state index contributed by atoms with van der Waals surface area (Å²) in [6.07, 6.45) is 0. The molecule has 0 bridgehead atoms. The predicted molar refractivity (Wildman–Crippen MR) is 79.4 cm³/mol. The first-order valence-electron chi connectivity index (χ1n) is 6.72. The Morgan fingerprint density at radius 1 is 1.15 bits per heavy atom. The lowest BCUT2D eigenvalue weighted by Crippen LogP contribution is -2.18. The van der Waals surface area contributed by atoms with Gasteiger partial charge >= 0.3 is 0 Å². The van der Waals surface area contributed by atoms with Crippen molar-refractivity contribution in [3.05, 3.63) is 65.0 Å². The molecule has 0 saturated carbocycles. The van der Waals surface area contributed by atoms with Gasteiger partial charge in [0.2, 0.25) is 0 Å². The van der Waals surface area contributed by atoms with Crippen molar-refractivity contribution in [2.75, 3.05) is 7.11 Å². The van der Waals surface area contributed by atoms with Crippen LogP contribution in [0.15, 0.2) is 42.5 Å². The summed E-state index contributed by atoms with van der Waals surface area (Å²) in [6, 6.07) is 13.0. The summed E-state index contributed by atoms with van der Waals surface area (Å²) in [6.45, 7) is 4.74. The lowest BCUT2D eigenvalue weighted by Gasteiger charge is -2.16. The lowest BCUT2D eigenvalue weighted by atomic mass is 10.1. The highest BCUT2D eigenvalue weighted by atomic mass is 19.1. The van der Waals surface area contributed by atoms with Crippen LogP contribution in [-0.2, 0) is 6.54 Å². The van der Waals surface area contributed by atoms with Crippen molar-refractivity contribution in [1.82, 2.24) is 5.32 Å². The van der Waals surface area contributed by atoms with Crippen LogP contribution in [0.1, 0.15) is 29.7 Å². The Balaban J connectivity index is 2.00. The second kappa shape index (κ2) is 6.53. The molecule has 0 aliphatic rings. The highest BCUT2D eigenvalue weighted by molar-refractivity contribution is 5.30. The minimum atomic E-state index is -0.190. The standard InChI is InChI=1S/C17H20FNO/c1-12-4-7-16(18)10-15(12)11-19-13(2)14-5-8-17(20-3)9-6-14/h4-10,13,19H,11H2,1-3H3/t13-/m0/s1. The third kappa shape index (κ3) is 3.58. The Morgan fingerprint density at radius 2 is 1.85 bits per heavy atom. The molecule has 0 amide bonds. The second-order valence-electron chi connectivity index (χ2n) is 4.95. The molecule has 0 heterocycles. The fraction of sp³-hybridized carbons (Fsp3) is 0.294. The van der Waals surface area contributed by atoms with Gasteiger partial charge in [-0.2, -0.15) is 0 Å². The maximum Gasteiger partial charge on any atom is 0.123 e. The van der Waals surface area contributed by atoms with Gasteiger partial charge in [-0.05, 0) is 54.8 Å². The predicted octanol–water partition coefficient (Wildman–Crippen LogP) is 3.99. The topological polar surface area (TPSA) is 21.3 Å². The van der Waals surface area contributed by atoms with Crippen molar-refractivity contribution >= 4 is 0 Å². The Morgan fingerprint density at radius 3 is 2.50 bits per heavy atom. The number of nitrogens with one attached hydrogen (secondary N) is 1. The van der Waals surface area contributed by atoms with Gasteiger partial charge in [0.05, 0.1) is 7.11 Å². The zero-order valence-corrected chi connectivity index (χ0v) is 12.1. The van der Waals surface area contributed by atoms with Gasteiger partial charge in [0.1, 0.15) is 11.6 Å². The molecule has 0 spiro atoms. The van der Waals surface area contributed by atoms with Gasteiger partial charge < -0.3 is 10.1 Å². The lowest BCUT2D eigenvalue weighted by molar-refractivity contribution is 0.414. The molecule has 2 aromatic carbocycles. The van der Waals surface area contributed by atoms with Crippen LogP contribution in [0.4, 0.5) is 4.39 Å². The Kier molecular flexibility index (Phi) is 4.74. The summed E-state index contributed by atoms with van der Waals surface area (Å²) >= 11 is 0. The van der Waals surface area contributed by atoms with E-state index < -0.39 is 0 Å². The van der Waals surface area contributed by atoms with E-state index in [1.54, 1.807) is 13.2 Å². The molecule has 3 heteroatoms. The minimum Gasteiger partial charge on any atom is -0.497 e. The molecule has 0 unspecified atom stereocenters. The quantitative estimate of drug-likeness (QED) is 0.889. The number of hydrogen-bond donors (Lipinski definition) is 1. The fourth-order valence-corrected chi connectivity index (χ4v) is 2.10. The highest BCUT2D eigenvalue weighted by Crippen LogP contribution is 2.18. The number of benzene rings is 2. The van der Waals surface area contributed by atoms with Gasteiger partial charge in [-0.3, -0.25) is 0 Å². The molecule has 0 saturated heterocycles. The van der Waals surface area contributed by atoms with Gasteiger partial charge in [0.25, 0.3) is 0 Å². The Hall–Kier alpha value is -1.87. The van der Waals surface area contributed by atoms with Crippen LogP contribution in [0.5, 0.6) is 5.75 Å². The smallest absolute Gasteiger partial charge is 0.123 e. The molecule has 0 aliphatic carbocycles. The summed E-state index contributed by atoms with van der Waals surface area (Å²) in [7, 11) is 1.66. The summed E-state index contributed by atoms with van der Waals surface area (Å²) in [5.41, 5.74) is 3.27. The van der Waals surface area contributed by atoms with Gasteiger partial charge in [0, 0.05) is 12.6 Å². The maximum atomic E-state index is 13.2. The first-order chi connectivity index (χ1) is 9.60. The van der Waals surface area contributed by atoms with E-state index in [9.17, 15) is 4.39 Å². The van der Waals surface area contributed by atoms with E-state index in [1.165, 1.54) is 11.6 Å². The van der Waals surface area contributed by atoms with Crippen LogP contribution >= 0.6 is 0 Å². The third-order valence-electron chi connectivity index (χ3n) is 3.53. The van der Waals surface area contributed by atoms with Crippen molar-refractivity contribution in [2.24, 2.45) is 0 Å². The molecule has 2 aromatic rings. The summed E-state index contributed by atoms with van der Waals surface area (Å²) in [5, 5.41) is 3.41. The summed E-state index contributed by atoms with van der Waals surface area (Å²) in [5.74, 6) is 0.659. The Bertz CT molecular complexity index is 566. The molecule has 1 N–H and O–H groups in total. The first-order valence-corrected chi connectivity index (χ1v) is 6.72. The second-order valence-corrected chi connectivity index (χ2v) is 4.95. The van der Waals surface area contributed by atoms with Gasteiger partial charge in [-0.25, -0.2) is 4.39 Å². The van der Waals surface area contributed by atoms with Crippen LogP contribution < -0.4 is 10.1 Å². The van der Waals surface area contributed by atoms with E-state index in [-0.39, 0.29) is 11.9 Å². The molecule has 2 nitrogen and oxygen atoms in total. The van der Waals surface area contributed by atoms with Crippen molar-refractivity contribution in [1.29, 1.82) is 0 Å². The van der Waals surface area contributed by atoms with E-state index in [2.05, 4.69) is 12.2 Å². The highest BCUT2D eigenvalue weighted by Gasteiger charge is 2.07. The Labute approximate surface area is 119 Å². The van der Waals surface area contributed by atoms with Gasteiger partial charge in [0.15, 0.2) is 0 Å².